The minimum Gasteiger partial charge on any atom is -0.481 e. The highest BCUT2D eigenvalue weighted by Crippen LogP contribution is 2.13. The topological polar surface area (TPSA) is 57.5 Å². The van der Waals surface area contributed by atoms with E-state index in [0.29, 0.717) is 0 Å². The van der Waals surface area contributed by atoms with Crippen LogP contribution in [0.3, 0.4) is 0 Å². The quantitative estimate of drug-likeness (QED) is 0.640. The van der Waals surface area contributed by atoms with Gasteiger partial charge < -0.3 is 10.2 Å². The van der Waals surface area contributed by atoms with Crippen molar-refractivity contribution in [2.24, 2.45) is 5.92 Å². The molecule has 0 unspecified atom stereocenters. The summed E-state index contributed by atoms with van der Waals surface area (Å²) in [5.74, 6) is 0.140. The molecule has 0 amide bonds. The molecule has 17 heavy (non-hydrogen) atoms. The number of carbonyl (C=O) groups is 1. The summed E-state index contributed by atoms with van der Waals surface area (Å²) in [6.07, 6.45) is 7.56. The number of aliphatic carboxylic acids is 1. The molecule has 3 nitrogen and oxygen atoms in total. The molecule has 0 aliphatic carbocycles. The van der Waals surface area contributed by atoms with E-state index in [9.17, 15) is 4.79 Å². The van der Waals surface area contributed by atoms with Crippen LogP contribution < -0.4 is 0 Å². The molecular formula is C14H30O3. The second kappa shape index (κ2) is 13.5. The van der Waals surface area contributed by atoms with Crippen molar-refractivity contribution in [1.29, 1.82) is 0 Å². The van der Waals surface area contributed by atoms with Gasteiger partial charge in [0.2, 0.25) is 0 Å². The molecule has 0 aromatic carbocycles. The summed E-state index contributed by atoms with van der Waals surface area (Å²) in [5, 5.41) is 16.7. The van der Waals surface area contributed by atoms with E-state index in [0.717, 1.165) is 12.3 Å². The van der Waals surface area contributed by atoms with Gasteiger partial charge in [-0.15, -0.1) is 0 Å². The number of hydrogen-bond donors (Lipinski definition) is 2. The predicted octanol–water partition coefficient (Wildman–Crippen LogP) is 3.84. The van der Waals surface area contributed by atoms with Crippen molar-refractivity contribution in [1.82, 2.24) is 0 Å². The Bertz CT molecular complexity index is 167. The van der Waals surface area contributed by atoms with Crippen LogP contribution in [0.2, 0.25) is 0 Å². The molecule has 0 aromatic rings. The smallest absolute Gasteiger partial charge is 0.303 e. The van der Waals surface area contributed by atoms with Gasteiger partial charge in [0.1, 0.15) is 0 Å². The molecule has 2 atom stereocenters. The normalized spacial score (nSPS) is 13.5. The molecular weight excluding hydrogens is 216 g/mol. The van der Waals surface area contributed by atoms with E-state index in [-0.39, 0.29) is 12.5 Å². The molecule has 104 valence electrons. The Morgan fingerprint density at radius 2 is 1.53 bits per heavy atom. The summed E-state index contributed by atoms with van der Waals surface area (Å²) in [6, 6.07) is 0. The molecule has 0 radical (unpaired) electrons. The third-order valence-corrected chi connectivity index (χ3v) is 2.82. The Hall–Kier alpha value is -0.570. The molecule has 0 aliphatic heterocycles. The number of carboxylic acids is 1. The van der Waals surface area contributed by atoms with Gasteiger partial charge >= 0.3 is 5.97 Å². The van der Waals surface area contributed by atoms with E-state index in [4.69, 9.17) is 10.2 Å². The number of carboxylic acid groups (broad SMARTS) is 1. The van der Waals surface area contributed by atoms with Gasteiger partial charge in [-0.1, -0.05) is 52.9 Å². The SMILES string of the molecule is CCC(=O)O.CC[C@H](C)CCCCC[C@@H](C)O. The number of unbranched alkanes of at least 4 members (excludes halogenated alkanes) is 2. The molecule has 0 fully saturated rings. The van der Waals surface area contributed by atoms with Gasteiger partial charge in [-0.2, -0.15) is 0 Å². The summed E-state index contributed by atoms with van der Waals surface area (Å²) in [7, 11) is 0. The first kappa shape index (κ1) is 18.8. The van der Waals surface area contributed by atoms with Crippen molar-refractivity contribution in [3.05, 3.63) is 0 Å². The van der Waals surface area contributed by atoms with Crippen LogP contribution in [0.5, 0.6) is 0 Å². The molecule has 0 aromatic heterocycles. The fraction of sp³-hybridized carbons (Fsp3) is 0.929. The molecule has 0 saturated heterocycles. The van der Waals surface area contributed by atoms with Crippen molar-refractivity contribution >= 4 is 5.97 Å². The second-order valence-electron chi connectivity index (χ2n) is 4.75. The predicted molar refractivity (Wildman–Crippen MR) is 72.1 cm³/mol. The zero-order chi connectivity index (χ0) is 13.7. The largest absolute Gasteiger partial charge is 0.481 e. The molecule has 0 heterocycles. The van der Waals surface area contributed by atoms with Crippen molar-refractivity contribution in [3.8, 4) is 0 Å². The Kier molecular flexibility index (Phi) is 14.9. The third-order valence-electron chi connectivity index (χ3n) is 2.82. The Balaban J connectivity index is 0. The summed E-state index contributed by atoms with van der Waals surface area (Å²) >= 11 is 0. The van der Waals surface area contributed by atoms with E-state index in [1.165, 1.54) is 32.1 Å². The highest BCUT2D eigenvalue weighted by molar-refractivity contribution is 5.66. The van der Waals surface area contributed by atoms with Gasteiger partial charge in [0.25, 0.3) is 0 Å². The van der Waals surface area contributed by atoms with Gasteiger partial charge in [0.05, 0.1) is 6.10 Å². The van der Waals surface area contributed by atoms with E-state index < -0.39 is 5.97 Å². The van der Waals surface area contributed by atoms with E-state index >= 15 is 0 Å². The summed E-state index contributed by atoms with van der Waals surface area (Å²) in [5.41, 5.74) is 0. The molecule has 2 N–H and O–H groups in total. The Labute approximate surface area is 106 Å². The van der Waals surface area contributed by atoms with Crippen LogP contribution in [-0.4, -0.2) is 22.3 Å². The molecule has 0 aliphatic rings. The Morgan fingerprint density at radius 3 is 1.88 bits per heavy atom. The van der Waals surface area contributed by atoms with E-state index in [1.807, 2.05) is 6.92 Å². The highest BCUT2D eigenvalue weighted by Gasteiger charge is 1.99. The van der Waals surface area contributed by atoms with Crippen molar-refractivity contribution in [3.63, 3.8) is 0 Å². The lowest BCUT2D eigenvalue weighted by Crippen LogP contribution is -1.98. The monoisotopic (exact) mass is 246 g/mol. The first-order valence-corrected chi connectivity index (χ1v) is 6.83. The molecule has 3 heteroatoms. The first-order chi connectivity index (χ1) is 7.93. The number of aliphatic hydroxyl groups is 1. The Morgan fingerprint density at radius 1 is 1.06 bits per heavy atom. The maximum atomic E-state index is 9.37. The fourth-order valence-corrected chi connectivity index (χ4v) is 1.31. The van der Waals surface area contributed by atoms with Gasteiger partial charge in [0.15, 0.2) is 0 Å². The lowest BCUT2D eigenvalue weighted by atomic mass is 10.00. The average molecular weight is 246 g/mol. The summed E-state index contributed by atoms with van der Waals surface area (Å²) in [4.78, 5) is 9.37. The molecule has 0 saturated carbocycles. The second-order valence-corrected chi connectivity index (χ2v) is 4.75. The zero-order valence-corrected chi connectivity index (χ0v) is 11.9. The van der Waals surface area contributed by atoms with Crippen molar-refractivity contribution in [2.75, 3.05) is 0 Å². The van der Waals surface area contributed by atoms with E-state index in [2.05, 4.69) is 13.8 Å². The van der Waals surface area contributed by atoms with Gasteiger partial charge in [-0.3, -0.25) is 4.79 Å². The van der Waals surface area contributed by atoms with E-state index in [1.54, 1.807) is 6.92 Å². The van der Waals surface area contributed by atoms with Crippen LogP contribution in [0.1, 0.15) is 72.6 Å². The highest BCUT2D eigenvalue weighted by atomic mass is 16.4. The molecule has 0 rings (SSSR count). The lowest BCUT2D eigenvalue weighted by Gasteiger charge is -2.07. The van der Waals surface area contributed by atoms with Crippen LogP contribution >= 0.6 is 0 Å². The lowest BCUT2D eigenvalue weighted by molar-refractivity contribution is -0.136. The molecule has 0 bridgehead atoms. The van der Waals surface area contributed by atoms with Crippen LogP contribution in [0.15, 0.2) is 0 Å². The van der Waals surface area contributed by atoms with Crippen LogP contribution in [0.25, 0.3) is 0 Å². The van der Waals surface area contributed by atoms with Gasteiger partial charge in [-0.05, 0) is 19.3 Å². The zero-order valence-electron chi connectivity index (χ0n) is 11.9. The maximum absolute atomic E-state index is 9.37. The third kappa shape index (κ3) is 21.3. The van der Waals surface area contributed by atoms with Crippen molar-refractivity contribution in [2.45, 2.75) is 78.7 Å². The standard InChI is InChI=1S/C11H24O.C3H6O2/c1-4-10(2)8-6-5-7-9-11(3)12;1-2-3(4)5/h10-12H,4-9H2,1-3H3;2H2,1H3,(H,4,5)/t10-,11+;/m0./s1. The average Bonchev–Trinajstić information content (AvgIpc) is 2.28. The van der Waals surface area contributed by atoms with Crippen molar-refractivity contribution < 1.29 is 15.0 Å². The van der Waals surface area contributed by atoms with Crippen LogP contribution in [0.4, 0.5) is 0 Å². The van der Waals surface area contributed by atoms with Crippen LogP contribution in [-0.2, 0) is 4.79 Å². The number of aliphatic hydroxyl groups excluding tert-OH is 1. The maximum Gasteiger partial charge on any atom is 0.303 e. The minimum absolute atomic E-state index is 0.103. The first-order valence-electron chi connectivity index (χ1n) is 6.83. The number of rotatable bonds is 8. The van der Waals surface area contributed by atoms with Crippen LogP contribution in [0, 0.1) is 5.92 Å². The summed E-state index contributed by atoms with van der Waals surface area (Å²) in [6.45, 7) is 8.03. The molecule has 0 spiro atoms. The van der Waals surface area contributed by atoms with Gasteiger partial charge in [0, 0.05) is 6.42 Å². The minimum atomic E-state index is -0.745. The fourth-order valence-electron chi connectivity index (χ4n) is 1.31. The van der Waals surface area contributed by atoms with Gasteiger partial charge in [-0.25, -0.2) is 0 Å². The summed E-state index contributed by atoms with van der Waals surface area (Å²) < 4.78 is 0. The number of hydrogen-bond acceptors (Lipinski definition) is 2.